The van der Waals surface area contributed by atoms with E-state index in [1.165, 1.54) is 31.1 Å². The monoisotopic (exact) mass is 422 g/mol. The molecular formula is C16H17F3N2O4S2. The smallest absolute Gasteiger partial charge is 0.376 e. The lowest BCUT2D eigenvalue weighted by atomic mass is 10.1. The fourth-order valence-electron chi connectivity index (χ4n) is 2.36. The first kappa shape index (κ1) is 21.0. The number of halogens is 3. The number of alkyl halides is 3. The summed E-state index contributed by atoms with van der Waals surface area (Å²) >= 11 is 0. The topological polar surface area (TPSA) is 83.6 Å². The highest BCUT2D eigenvalue weighted by Gasteiger charge is 2.32. The Bertz CT molecular complexity index is 1060. The van der Waals surface area contributed by atoms with E-state index >= 15 is 0 Å². The molecule has 0 aliphatic rings. The molecule has 2 aromatic rings. The number of benzene rings is 2. The van der Waals surface area contributed by atoms with Crippen LogP contribution in [0.4, 0.5) is 24.5 Å². The van der Waals surface area contributed by atoms with Crippen LogP contribution >= 0.6 is 0 Å². The van der Waals surface area contributed by atoms with E-state index in [2.05, 4.69) is 4.72 Å². The van der Waals surface area contributed by atoms with E-state index in [1.807, 2.05) is 0 Å². The molecule has 0 fully saturated rings. The van der Waals surface area contributed by atoms with Crippen molar-refractivity contribution in [3.05, 3.63) is 48.0 Å². The summed E-state index contributed by atoms with van der Waals surface area (Å²) in [5.74, 6) is 0. The van der Waals surface area contributed by atoms with E-state index in [1.54, 1.807) is 0 Å². The fraction of sp³-hybridized carbons (Fsp3) is 0.250. The molecule has 0 saturated carbocycles. The second-order valence-electron chi connectivity index (χ2n) is 5.95. The number of nitrogens with one attached hydrogen (secondary N) is 1. The van der Waals surface area contributed by atoms with Crippen molar-refractivity contribution in [2.75, 3.05) is 30.0 Å². The van der Waals surface area contributed by atoms with Crippen LogP contribution in [0.25, 0.3) is 0 Å². The lowest BCUT2D eigenvalue weighted by Crippen LogP contribution is -2.20. The summed E-state index contributed by atoms with van der Waals surface area (Å²) in [6.45, 7) is 0. The molecule has 11 heteroatoms. The zero-order chi connectivity index (χ0) is 20.6. The van der Waals surface area contributed by atoms with Gasteiger partial charge in [0.05, 0.1) is 21.8 Å². The molecule has 0 amide bonds. The van der Waals surface area contributed by atoms with Gasteiger partial charge in [-0.1, -0.05) is 12.1 Å². The van der Waals surface area contributed by atoms with Crippen molar-refractivity contribution < 1.29 is 30.0 Å². The van der Waals surface area contributed by atoms with Crippen molar-refractivity contribution in [3.8, 4) is 0 Å². The minimum absolute atomic E-state index is 0.184. The van der Waals surface area contributed by atoms with Gasteiger partial charge in [-0.2, -0.15) is 13.2 Å². The van der Waals surface area contributed by atoms with Crippen LogP contribution < -0.4 is 9.62 Å². The van der Waals surface area contributed by atoms with Crippen molar-refractivity contribution in [1.29, 1.82) is 0 Å². The zero-order valence-corrected chi connectivity index (χ0v) is 16.2. The summed E-state index contributed by atoms with van der Waals surface area (Å²) in [5, 5.41) is 0. The van der Waals surface area contributed by atoms with E-state index in [-0.39, 0.29) is 11.4 Å². The summed E-state index contributed by atoms with van der Waals surface area (Å²) in [6, 6.07) is 7.48. The highest BCUT2D eigenvalue weighted by atomic mass is 32.2. The highest BCUT2D eigenvalue weighted by Crippen LogP contribution is 2.36. The molecule has 6 nitrogen and oxygen atoms in total. The van der Waals surface area contributed by atoms with E-state index < -0.39 is 41.4 Å². The molecule has 0 radical (unpaired) electrons. The normalized spacial score (nSPS) is 12.7. The molecule has 0 spiro atoms. The van der Waals surface area contributed by atoms with Gasteiger partial charge in [-0.25, -0.2) is 16.8 Å². The summed E-state index contributed by atoms with van der Waals surface area (Å²) in [4.78, 5) is 0.436. The molecule has 0 saturated heterocycles. The molecule has 0 aliphatic carbocycles. The van der Waals surface area contributed by atoms with E-state index in [0.29, 0.717) is 6.07 Å². The third-order valence-electron chi connectivity index (χ3n) is 3.59. The first-order valence-electron chi connectivity index (χ1n) is 7.44. The standard InChI is InChI=1S/C16H17F3N2O4S2/c1-21(2)13-9-8-11(16(17,18)19)10-12(13)20-27(24,25)15-7-5-4-6-14(15)26(3,22)23/h4-10,20H,1-3H3. The quantitative estimate of drug-likeness (QED) is 0.801. The predicted molar refractivity (Wildman–Crippen MR) is 96.1 cm³/mol. The molecule has 2 aromatic carbocycles. The SMILES string of the molecule is CN(C)c1ccc(C(F)(F)F)cc1NS(=O)(=O)c1ccccc1S(C)(=O)=O. The molecule has 27 heavy (non-hydrogen) atoms. The van der Waals surface area contributed by atoms with Gasteiger partial charge < -0.3 is 4.90 Å². The first-order valence-corrected chi connectivity index (χ1v) is 10.8. The number of rotatable bonds is 5. The molecule has 0 aromatic heterocycles. The molecule has 0 atom stereocenters. The molecule has 1 N–H and O–H groups in total. The van der Waals surface area contributed by atoms with Gasteiger partial charge in [0.1, 0.15) is 4.90 Å². The number of anilines is 2. The Hall–Kier alpha value is -2.27. The molecule has 0 heterocycles. The first-order chi connectivity index (χ1) is 12.2. The molecule has 148 valence electrons. The summed E-state index contributed by atoms with van der Waals surface area (Å²) < 4.78 is 90.3. The van der Waals surface area contributed by atoms with E-state index in [0.717, 1.165) is 30.5 Å². The Morgan fingerprint density at radius 2 is 1.48 bits per heavy atom. The van der Waals surface area contributed by atoms with Crippen molar-refractivity contribution in [2.24, 2.45) is 0 Å². The van der Waals surface area contributed by atoms with Gasteiger partial charge in [-0.15, -0.1) is 0 Å². The van der Waals surface area contributed by atoms with Crippen molar-refractivity contribution in [1.82, 2.24) is 0 Å². The average molecular weight is 422 g/mol. The Labute approximate surface area is 155 Å². The van der Waals surface area contributed by atoms with Crippen molar-refractivity contribution in [3.63, 3.8) is 0 Å². The summed E-state index contributed by atoms with van der Waals surface area (Å²) in [6.07, 6.45) is -3.83. The Morgan fingerprint density at radius 1 is 0.926 bits per heavy atom. The largest absolute Gasteiger partial charge is 0.416 e. The minimum Gasteiger partial charge on any atom is -0.376 e. The molecule has 0 bridgehead atoms. The van der Waals surface area contributed by atoms with Crippen molar-refractivity contribution in [2.45, 2.75) is 16.0 Å². The third kappa shape index (κ3) is 4.72. The fourth-order valence-corrected chi connectivity index (χ4v) is 5.06. The molecule has 0 aliphatic heterocycles. The second kappa shape index (κ2) is 7.04. The van der Waals surface area contributed by atoms with Crippen LogP contribution in [-0.4, -0.2) is 37.2 Å². The van der Waals surface area contributed by atoms with Gasteiger partial charge in [0.25, 0.3) is 10.0 Å². The van der Waals surface area contributed by atoms with Gasteiger partial charge >= 0.3 is 6.18 Å². The maximum Gasteiger partial charge on any atom is 0.416 e. The Morgan fingerprint density at radius 3 is 1.96 bits per heavy atom. The van der Waals surface area contributed by atoms with Crippen LogP contribution in [-0.2, 0) is 26.0 Å². The van der Waals surface area contributed by atoms with Gasteiger partial charge in [-0.05, 0) is 30.3 Å². The van der Waals surface area contributed by atoms with Crippen molar-refractivity contribution >= 4 is 31.2 Å². The van der Waals surface area contributed by atoms with Gasteiger partial charge in [0.2, 0.25) is 0 Å². The predicted octanol–water partition coefficient (Wildman–Crippen LogP) is 2.98. The molecule has 0 unspecified atom stereocenters. The van der Waals surface area contributed by atoms with Crippen LogP contribution in [0.5, 0.6) is 0 Å². The lowest BCUT2D eigenvalue weighted by molar-refractivity contribution is -0.137. The third-order valence-corrected chi connectivity index (χ3v) is 6.30. The zero-order valence-electron chi connectivity index (χ0n) is 14.6. The number of hydrogen-bond acceptors (Lipinski definition) is 5. The number of sulfone groups is 1. The minimum atomic E-state index is -4.67. The molecule has 2 rings (SSSR count). The van der Waals surface area contributed by atoms with Gasteiger partial charge in [-0.3, -0.25) is 4.72 Å². The number of nitrogens with zero attached hydrogens (tertiary/aromatic N) is 1. The maximum absolute atomic E-state index is 13.0. The van der Waals surface area contributed by atoms with E-state index in [9.17, 15) is 30.0 Å². The summed E-state index contributed by atoms with van der Waals surface area (Å²) in [5.41, 5.74) is -1.18. The molecular weight excluding hydrogens is 405 g/mol. The summed E-state index contributed by atoms with van der Waals surface area (Å²) in [7, 11) is -5.28. The van der Waals surface area contributed by atoms with Crippen LogP contribution in [0.15, 0.2) is 52.3 Å². The van der Waals surface area contributed by atoms with E-state index in [4.69, 9.17) is 0 Å². The Balaban J connectivity index is 2.63. The average Bonchev–Trinajstić information content (AvgIpc) is 2.52. The maximum atomic E-state index is 13.0. The van der Waals surface area contributed by atoms with Crippen LogP contribution in [0.3, 0.4) is 0 Å². The van der Waals surface area contributed by atoms with Gasteiger partial charge in [0, 0.05) is 20.4 Å². The van der Waals surface area contributed by atoms with Gasteiger partial charge in [0.15, 0.2) is 9.84 Å². The van der Waals surface area contributed by atoms with Crippen LogP contribution in [0.2, 0.25) is 0 Å². The lowest BCUT2D eigenvalue weighted by Gasteiger charge is -2.20. The number of hydrogen-bond donors (Lipinski definition) is 1. The highest BCUT2D eigenvalue weighted by molar-refractivity contribution is 7.95. The van der Waals surface area contributed by atoms with Crippen LogP contribution in [0, 0.1) is 0 Å². The number of sulfonamides is 1. The second-order valence-corrected chi connectivity index (χ2v) is 9.58. The van der Waals surface area contributed by atoms with Crippen LogP contribution in [0.1, 0.15) is 5.56 Å². The Kier molecular flexibility index (Phi) is 5.48.